The molecule has 0 aromatic heterocycles. The number of aliphatic imine (C=N–C) groups is 1. The number of amides is 1. The predicted octanol–water partition coefficient (Wildman–Crippen LogP) is 2.80. The summed E-state index contributed by atoms with van der Waals surface area (Å²) in [4.78, 5) is 17.3. The Morgan fingerprint density at radius 3 is 2.62 bits per heavy atom. The fourth-order valence-corrected chi connectivity index (χ4v) is 2.93. The quantitative estimate of drug-likeness (QED) is 0.398. The summed E-state index contributed by atoms with van der Waals surface area (Å²) in [5.74, 6) is 0. The molecule has 0 atom stereocenters. The molecule has 2 rings (SSSR count). The van der Waals surface area contributed by atoms with Crippen LogP contribution in [0.2, 0.25) is 0 Å². The average molecular weight is 357 g/mol. The monoisotopic (exact) mass is 357 g/mol. The summed E-state index contributed by atoms with van der Waals surface area (Å²) in [7, 11) is 0. The SMILES string of the molecule is CC(=N/C=C(\C)CNC=O)c1ccc(CCCCN2CCOCC2)cc1. The van der Waals surface area contributed by atoms with E-state index in [1.54, 1.807) is 0 Å². The Hall–Kier alpha value is -1.98. The Morgan fingerprint density at radius 2 is 1.92 bits per heavy atom. The number of aryl methyl sites for hydroxylation is 1. The van der Waals surface area contributed by atoms with Gasteiger partial charge in [0.2, 0.25) is 6.41 Å². The van der Waals surface area contributed by atoms with Gasteiger partial charge in [-0.2, -0.15) is 0 Å². The standard InChI is InChI=1S/C21H31N3O2/c1-18(15-22-17-25)16-23-19(2)21-8-6-20(7-9-21)5-3-4-10-24-11-13-26-14-12-24/h6-9,16-17H,3-5,10-15H2,1-2H3,(H,22,25)/b18-16+,23-19?. The zero-order chi connectivity index (χ0) is 18.6. The van der Waals surface area contributed by atoms with Crippen molar-refractivity contribution in [2.24, 2.45) is 4.99 Å². The van der Waals surface area contributed by atoms with Crippen LogP contribution in [0.25, 0.3) is 0 Å². The highest BCUT2D eigenvalue weighted by Gasteiger charge is 2.09. The molecule has 1 saturated heterocycles. The molecule has 142 valence electrons. The molecule has 0 bridgehead atoms. The number of nitrogens with one attached hydrogen (secondary N) is 1. The minimum Gasteiger partial charge on any atom is -0.379 e. The Labute approximate surface area is 157 Å². The van der Waals surface area contributed by atoms with E-state index in [9.17, 15) is 4.79 Å². The summed E-state index contributed by atoms with van der Waals surface area (Å²) >= 11 is 0. The van der Waals surface area contributed by atoms with E-state index < -0.39 is 0 Å². The van der Waals surface area contributed by atoms with E-state index in [1.165, 1.54) is 24.9 Å². The maximum absolute atomic E-state index is 10.3. The van der Waals surface area contributed by atoms with Gasteiger partial charge < -0.3 is 10.1 Å². The second kappa shape index (κ2) is 11.6. The number of nitrogens with zero attached hydrogens (tertiary/aromatic N) is 2. The van der Waals surface area contributed by atoms with Crippen LogP contribution in [0.4, 0.5) is 0 Å². The van der Waals surface area contributed by atoms with Crippen molar-refractivity contribution in [2.45, 2.75) is 33.1 Å². The van der Waals surface area contributed by atoms with E-state index >= 15 is 0 Å². The van der Waals surface area contributed by atoms with Crippen molar-refractivity contribution in [3.63, 3.8) is 0 Å². The van der Waals surface area contributed by atoms with Gasteiger partial charge in [-0.15, -0.1) is 0 Å². The summed E-state index contributed by atoms with van der Waals surface area (Å²) in [6, 6.07) is 8.69. The molecule has 5 heteroatoms. The van der Waals surface area contributed by atoms with Gasteiger partial charge in [-0.3, -0.25) is 14.7 Å². The highest BCUT2D eigenvalue weighted by atomic mass is 16.5. The first kappa shape index (κ1) is 20.3. The first-order chi connectivity index (χ1) is 12.7. The van der Waals surface area contributed by atoms with Gasteiger partial charge in [0.1, 0.15) is 0 Å². The zero-order valence-corrected chi connectivity index (χ0v) is 16.0. The Kier molecular flexibility index (Phi) is 9.07. The number of benzene rings is 1. The molecule has 1 fully saturated rings. The van der Waals surface area contributed by atoms with Crippen LogP contribution in [0.5, 0.6) is 0 Å². The van der Waals surface area contributed by atoms with E-state index in [0.717, 1.165) is 49.6 Å². The van der Waals surface area contributed by atoms with Crippen molar-refractivity contribution >= 4 is 12.1 Å². The number of carbonyl (C=O) groups excluding carboxylic acids is 1. The van der Waals surface area contributed by atoms with Crippen LogP contribution in [-0.2, 0) is 16.0 Å². The number of morpholine rings is 1. The molecule has 5 nitrogen and oxygen atoms in total. The predicted molar refractivity (Wildman–Crippen MR) is 107 cm³/mol. The molecule has 0 radical (unpaired) electrons. The van der Waals surface area contributed by atoms with Crippen LogP contribution < -0.4 is 5.32 Å². The smallest absolute Gasteiger partial charge is 0.207 e. The average Bonchev–Trinajstić information content (AvgIpc) is 2.69. The number of hydrogen-bond donors (Lipinski definition) is 1. The molecule has 1 aliphatic rings. The highest BCUT2D eigenvalue weighted by molar-refractivity contribution is 5.99. The largest absolute Gasteiger partial charge is 0.379 e. The van der Waals surface area contributed by atoms with Crippen LogP contribution in [0, 0.1) is 0 Å². The van der Waals surface area contributed by atoms with E-state index in [1.807, 2.05) is 20.0 Å². The third-order valence-corrected chi connectivity index (χ3v) is 4.61. The van der Waals surface area contributed by atoms with Gasteiger partial charge in [-0.05, 0) is 56.4 Å². The van der Waals surface area contributed by atoms with Gasteiger partial charge >= 0.3 is 0 Å². The second-order valence-corrected chi connectivity index (χ2v) is 6.80. The molecule has 1 aromatic rings. The molecular weight excluding hydrogens is 326 g/mol. The number of carbonyl (C=O) groups is 1. The first-order valence-corrected chi connectivity index (χ1v) is 9.45. The highest BCUT2D eigenvalue weighted by Crippen LogP contribution is 2.10. The van der Waals surface area contributed by atoms with Crippen molar-refractivity contribution in [1.29, 1.82) is 0 Å². The molecule has 0 aliphatic carbocycles. The minimum atomic E-state index is 0.531. The van der Waals surface area contributed by atoms with Crippen molar-refractivity contribution in [2.75, 3.05) is 39.4 Å². The molecule has 0 saturated carbocycles. The van der Waals surface area contributed by atoms with Crippen molar-refractivity contribution < 1.29 is 9.53 Å². The molecule has 1 N–H and O–H groups in total. The summed E-state index contributed by atoms with van der Waals surface area (Å²) in [6.45, 7) is 9.58. The topological polar surface area (TPSA) is 53.9 Å². The molecule has 1 heterocycles. The molecule has 1 aliphatic heterocycles. The van der Waals surface area contributed by atoms with Gasteiger partial charge in [-0.25, -0.2) is 0 Å². The van der Waals surface area contributed by atoms with Crippen LogP contribution in [0.1, 0.15) is 37.8 Å². The zero-order valence-electron chi connectivity index (χ0n) is 16.0. The summed E-state index contributed by atoms with van der Waals surface area (Å²) < 4.78 is 5.38. The lowest BCUT2D eigenvalue weighted by atomic mass is 10.0. The third-order valence-electron chi connectivity index (χ3n) is 4.61. The van der Waals surface area contributed by atoms with E-state index in [2.05, 4.69) is 39.5 Å². The van der Waals surface area contributed by atoms with Crippen molar-refractivity contribution in [1.82, 2.24) is 10.2 Å². The van der Waals surface area contributed by atoms with Gasteiger partial charge in [0, 0.05) is 31.5 Å². The van der Waals surface area contributed by atoms with Crippen LogP contribution in [0.15, 0.2) is 41.0 Å². The Balaban J connectivity index is 1.75. The van der Waals surface area contributed by atoms with E-state index in [4.69, 9.17) is 4.74 Å². The maximum atomic E-state index is 10.3. The van der Waals surface area contributed by atoms with Gasteiger partial charge in [-0.1, -0.05) is 24.3 Å². The molecule has 1 aromatic carbocycles. The fraction of sp³-hybridized carbons (Fsp3) is 0.524. The van der Waals surface area contributed by atoms with E-state index in [0.29, 0.717) is 13.0 Å². The molecule has 26 heavy (non-hydrogen) atoms. The molecule has 0 unspecified atom stereocenters. The second-order valence-electron chi connectivity index (χ2n) is 6.80. The van der Waals surface area contributed by atoms with Crippen molar-refractivity contribution in [3.8, 4) is 0 Å². The third kappa shape index (κ3) is 7.50. The number of ether oxygens (including phenoxy) is 1. The van der Waals surface area contributed by atoms with E-state index in [-0.39, 0.29) is 0 Å². The molecule has 1 amide bonds. The van der Waals surface area contributed by atoms with Gasteiger partial charge in [0.05, 0.1) is 13.2 Å². The lowest BCUT2D eigenvalue weighted by Crippen LogP contribution is -2.36. The van der Waals surface area contributed by atoms with Gasteiger partial charge in [0.25, 0.3) is 0 Å². The Morgan fingerprint density at radius 1 is 1.19 bits per heavy atom. The summed E-state index contributed by atoms with van der Waals surface area (Å²) in [5.41, 5.74) is 4.52. The first-order valence-electron chi connectivity index (χ1n) is 9.45. The van der Waals surface area contributed by atoms with Crippen molar-refractivity contribution in [3.05, 3.63) is 47.2 Å². The summed E-state index contributed by atoms with van der Waals surface area (Å²) in [6.07, 6.45) is 6.09. The van der Waals surface area contributed by atoms with Crippen LogP contribution >= 0.6 is 0 Å². The Bertz CT molecular complexity index is 602. The lowest BCUT2D eigenvalue weighted by Gasteiger charge is -2.26. The summed E-state index contributed by atoms with van der Waals surface area (Å²) in [5, 5.41) is 2.64. The number of unbranched alkanes of at least 4 members (excludes halogenated alkanes) is 1. The lowest BCUT2D eigenvalue weighted by molar-refractivity contribution is -0.109. The van der Waals surface area contributed by atoms with Gasteiger partial charge in [0.15, 0.2) is 0 Å². The number of hydrogen-bond acceptors (Lipinski definition) is 4. The fourth-order valence-electron chi connectivity index (χ4n) is 2.93. The minimum absolute atomic E-state index is 0.531. The van der Waals surface area contributed by atoms with Crippen LogP contribution in [0.3, 0.4) is 0 Å². The van der Waals surface area contributed by atoms with Crippen LogP contribution in [-0.4, -0.2) is 56.4 Å². The molecular formula is C21H31N3O2. The maximum Gasteiger partial charge on any atom is 0.207 e. The molecule has 0 spiro atoms. The number of rotatable bonds is 10. The normalized spacial score (nSPS) is 16.5.